The van der Waals surface area contributed by atoms with Crippen LogP contribution in [0, 0.1) is 18.3 Å². The monoisotopic (exact) mass is 253 g/mol. The van der Waals surface area contributed by atoms with E-state index in [9.17, 15) is 0 Å². The number of aromatic nitrogens is 2. The standard InChI is InChI=1S/C8H4BrN3S/c1-4-5(3-10)2-6(9)8-7(4)11-13-12-8/h2H,1H3. The summed E-state index contributed by atoms with van der Waals surface area (Å²) in [7, 11) is 0. The fourth-order valence-corrected chi connectivity index (χ4v) is 2.37. The Morgan fingerprint density at radius 3 is 2.85 bits per heavy atom. The number of nitrogens with zero attached hydrogens (tertiary/aromatic N) is 3. The maximum absolute atomic E-state index is 8.82. The summed E-state index contributed by atoms with van der Waals surface area (Å²) in [5, 5.41) is 8.82. The van der Waals surface area contributed by atoms with Crippen molar-refractivity contribution in [3.8, 4) is 6.07 Å². The van der Waals surface area contributed by atoms with E-state index in [0.717, 1.165) is 32.8 Å². The van der Waals surface area contributed by atoms with Gasteiger partial charge in [-0.1, -0.05) is 0 Å². The van der Waals surface area contributed by atoms with Crippen LogP contribution in [0.15, 0.2) is 10.5 Å². The van der Waals surface area contributed by atoms with Crippen LogP contribution in [-0.2, 0) is 0 Å². The molecule has 2 rings (SSSR count). The number of hydrogen-bond acceptors (Lipinski definition) is 4. The van der Waals surface area contributed by atoms with Crippen molar-refractivity contribution in [1.82, 2.24) is 8.75 Å². The molecule has 64 valence electrons. The van der Waals surface area contributed by atoms with Gasteiger partial charge in [0, 0.05) is 4.47 Å². The van der Waals surface area contributed by atoms with E-state index in [2.05, 4.69) is 30.7 Å². The summed E-state index contributed by atoms with van der Waals surface area (Å²) in [6.07, 6.45) is 0. The van der Waals surface area contributed by atoms with E-state index in [-0.39, 0.29) is 0 Å². The third kappa shape index (κ3) is 1.23. The van der Waals surface area contributed by atoms with Gasteiger partial charge in [-0.2, -0.15) is 14.0 Å². The molecular weight excluding hydrogens is 250 g/mol. The van der Waals surface area contributed by atoms with Crippen molar-refractivity contribution in [2.24, 2.45) is 0 Å². The highest BCUT2D eigenvalue weighted by Gasteiger charge is 2.10. The average Bonchev–Trinajstić information content (AvgIpc) is 2.60. The number of hydrogen-bond donors (Lipinski definition) is 0. The zero-order valence-electron chi connectivity index (χ0n) is 6.71. The maximum Gasteiger partial charge on any atom is 0.119 e. The van der Waals surface area contributed by atoms with Gasteiger partial charge in [0.15, 0.2) is 0 Å². The Hall–Kier alpha value is -0.990. The van der Waals surface area contributed by atoms with Crippen LogP contribution in [0.3, 0.4) is 0 Å². The lowest BCUT2D eigenvalue weighted by molar-refractivity contribution is 1.40. The molecule has 2 aromatic rings. The zero-order valence-corrected chi connectivity index (χ0v) is 9.11. The first-order valence-corrected chi connectivity index (χ1v) is 5.08. The number of halogens is 1. The quantitative estimate of drug-likeness (QED) is 0.726. The van der Waals surface area contributed by atoms with Crippen LogP contribution in [0.2, 0.25) is 0 Å². The van der Waals surface area contributed by atoms with Crippen LogP contribution in [0.5, 0.6) is 0 Å². The third-order valence-corrected chi connectivity index (χ3v) is 3.00. The van der Waals surface area contributed by atoms with E-state index >= 15 is 0 Å². The maximum atomic E-state index is 8.82. The number of nitriles is 1. The van der Waals surface area contributed by atoms with E-state index in [4.69, 9.17) is 5.26 Å². The first kappa shape index (κ1) is 8.60. The molecule has 0 radical (unpaired) electrons. The molecule has 0 atom stereocenters. The fraction of sp³-hybridized carbons (Fsp3) is 0.125. The summed E-state index contributed by atoms with van der Waals surface area (Å²) >= 11 is 4.52. The Kier molecular flexibility index (Phi) is 2.02. The molecule has 0 saturated heterocycles. The second-order valence-corrected chi connectivity index (χ2v) is 3.99. The highest BCUT2D eigenvalue weighted by atomic mass is 79.9. The van der Waals surface area contributed by atoms with Crippen LogP contribution < -0.4 is 0 Å². The summed E-state index contributed by atoms with van der Waals surface area (Å²) < 4.78 is 9.10. The minimum absolute atomic E-state index is 0.645. The lowest BCUT2D eigenvalue weighted by Gasteiger charge is -1.98. The molecule has 0 spiro atoms. The molecule has 0 aliphatic heterocycles. The van der Waals surface area contributed by atoms with Gasteiger partial charge in [0.2, 0.25) is 0 Å². The van der Waals surface area contributed by atoms with E-state index in [1.54, 1.807) is 6.07 Å². The molecule has 5 heteroatoms. The molecule has 0 amide bonds. The minimum atomic E-state index is 0.645. The molecule has 0 saturated carbocycles. The summed E-state index contributed by atoms with van der Waals surface area (Å²) in [5.41, 5.74) is 3.19. The predicted molar refractivity (Wildman–Crippen MR) is 54.6 cm³/mol. The smallest absolute Gasteiger partial charge is 0.119 e. The van der Waals surface area contributed by atoms with Crippen LogP contribution in [0.25, 0.3) is 11.0 Å². The third-order valence-electron chi connectivity index (χ3n) is 1.87. The molecule has 0 aliphatic rings. The van der Waals surface area contributed by atoms with Gasteiger partial charge in [0.25, 0.3) is 0 Å². The van der Waals surface area contributed by atoms with Gasteiger partial charge >= 0.3 is 0 Å². The summed E-state index contributed by atoms with van der Waals surface area (Å²) in [6.45, 7) is 1.88. The van der Waals surface area contributed by atoms with Gasteiger partial charge in [0.05, 0.1) is 23.4 Å². The van der Waals surface area contributed by atoms with Gasteiger partial charge < -0.3 is 0 Å². The largest absolute Gasteiger partial charge is 0.192 e. The SMILES string of the molecule is Cc1c(C#N)cc(Br)c2nsnc12. The molecule has 0 unspecified atom stereocenters. The van der Waals surface area contributed by atoms with Crippen LogP contribution in [0.4, 0.5) is 0 Å². The molecular formula is C8H4BrN3S. The van der Waals surface area contributed by atoms with E-state index < -0.39 is 0 Å². The highest BCUT2D eigenvalue weighted by molar-refractivity contribution is 9.10. The van der Waals surface area contributed by atoms with Crippen molar-refractivity contribution in [3.05, 3.63) is 21.7 Å². The Balaban J connectivity index is 2.95. The topological polar surface area (TPSA) is 49.6 Å². The zero-order chi connectivity index (χ0) is 9.42. The molecule has 13 heavy (non-hydrogen) atoms. The van der Waals surface area contributed by atoms with Crippen LogP contribution >= 0.6 is 27.7 Å². The first-order valence-electron chi connectivity index (χ1n) is 3.55. The van der Waals surface area contributed by atoms with E-state index in [0.29, 0.717) is 5.56 Å². The van der Waals surface area contributed by atoms with Crippen molar-refractivity contribution >= 4 is 38.7 Å². The Morgan fingerprint density at radius 1 is 1.46 bits per heavy atom. The molecule has 1 heterocycles. The lowest BCUT2D eigenvalue weighted by atomic mass is 10.1. The van der Waals surface area contributed by atoms with Crippen molar-refractivity contribution in [3.63, 3.8) is 0 Å². The summed E-state index contributed by atoms with van der Waals surface area (Å²) in [6, 6.07) is 3.90. The molecule has 0 fully saturated rings. The Bertz CT molecular complexity index is 512. The van der Waals surface area contributed by atoms with E-state index in [1.807, 2.05) is 6.92 Å². The summed E-state index contributed by atoms with van der Waals surface area (Å²) in [5.74, 6) is 0. The van der Waals surface area contributed by atoms with Gasteiger partial charge in [-0.3, -0.25) is 0 Å². The normalized spacial score (nSPS) is 10.2. The number of benzene rings is 1. The first-order chi connectivity index (χ1) is 6.24. The van der Waals surface area contributed by atoms with Gasteiger partial charge in [-0.25, -0.2) is 0 Å². The Morgan fingerprint density at radius 2 is 2.15 bits per heavy atom. The van der Waals surface area contributed by atoms with Crippen molar-refractivity contribution < 1.29 is 0 Å². The molecule has 0 aliphatic carbocycles. The second-order valence-electron chi connectivity index (χ2n) is 2.60. The summed E-state index contributed by atoms with van der Waals surface area (Å²) in [4.78, 5) is 0. The van der Waals surface area contributed by atoms with Crippen LogP contribution in [-0.4, -0.2) is 8.75 Å². The molecule has 1 aromatic carbocycles. The van der Waals surface area contributed by atoms with Crippen LogP contribution in [0.1, 0.15) is 11.1 Å². The fourth-order valence-electron chi connectivity index (χ4n) is 1.14. The van der Waals surface area contributed by atoms with Gasteiger partial charge in [-0.15, -0.1) is 0 Å². The Labute approximate surface area is 87.5 Å². The van der Waals surface area contributed by atoms with Gasteiger partial charge in [-0.05, 0) is 34.5 Å². The highest BCUT2D eigenvalue weighted by Crippen LogP contribution is 2.27. The number of aryl methyl sites for hydroxylation is 1. The average molecular weight is 254 g/mol. The van der Waals surface area contributed by atoms with E-state index in [1.165, 1.54) is 0 Å². The minimum Gasteiger partial charge on any atom is -0.192 e. The number of fused-ring (bicyclic) bond motifs is 1. The number of rotatable bonds is 0. The second kappa shape index (κ2) is 3.05. The molecule has 0 bridgehead atoms. The molecule has 0 N–H and O–H groups in total. The lowest BCUT2D eigenvalue weighted by Crippen LogP contribution is -1.85. The predicted octanol–water partition coefficient (Wildman–Crippen LogP) is 2.63. The molecule has 1 aromatic heterocycles. The van der Waals surface area contributed by atoms with Crippen molar-refractivity contribution in [1.29, 1.82) is 5.26 Å². The van der Waals surface area contributed by atoms with Gasteiger partial charge in [0.1, 0.15) is 11.0 Å². The molecule has 3 nitrogen and oxygen atoms in total. The van der Waals surface area contributed by atoms with Crippen molar-refractivity contribution in [2.45, 2.75) is 6.92 Å². The van der Waals surface area contributed by atoms with Crippen molar-refractivity contribution in [2.75, 3.05) is 0 Å².